The Hall–Kier alpha value is -1.46. The summed E-state index contributed by atoms with van der Waals surface area (Å²) in [5, 5.41) is 18.6. The SMILES string of the molecule is CCNC1CCC(O)(c2cccc3ncnn23)CC1. The van der Waals surface area contributed by atoms with Gasteiger partial charge in [-0.1, -0.05) is 13.0 Å². The van der Waals surface area contributed by atoms with E-state index in [0.717, 1.165) is 43.6 Å². The third kappa shape index (κ3) is 2.24. The Kier molecular flexibility index (Phi) is 3.24. The molecule has 1 fully saturated rings. The predicted molar refractivity (Wildman–Crippen MR) is 72.8 cm³/mol. The minimum absolute atomic E-state index is 0.528. The van der Waals surface area contributed by atoms with E-state index in [-0.39, 0.29) is 0 Å². The summed E-state index contributed by atoms with van der Waals surface area (Å²) in [7, 11) is 0. The summed E-state index contributed by atoms with van der Waals surface area (Å²) in [5.41, 5.74) is 0.872. The molecule has 0 aliphatic heterocycles. The number of nitrogens with one attached hydrogen (secondary N) is 1. The van der Waals surface area contributed by atoms with E-state index in [4.69, 9.17) is 0 Å². The molecule has 1 aliphatic rings. The Morgan fingerprint density at radius 3 is 2.95 bits per heavy atom. The van der Waals surface area contributed by atoms with Crippen molar-refractivity contribution in [3.05, 3.63) is 30.2 Å². The molecule has 0 atom stereocenters. The van der Waals surface area contributed by atoms with Crippen molar-refractivity contribution in [1.29, 1.82) is 0 Å². The summed E-state index contributed by atoms with van der Waals surface area (Å²) < 4.78 is 1.76. The van der Waals surface area contributed by atoms with Gasteiger partial charge < -0.3 is 10.4 Å². The molecule has 0 aromatic carbocycles. The van der Waals surface area contributed by atoms with Crippen LogP contribution < -0.4 is 5.32 Å². The van der Waals surface area contributed by atoms with Crippen molar-refractivity contribution >= 4 is 5.65 Å². The van der Waals surface area contributed by atoms with Gasteiger partial charge in [-0.15, -0.1) is 0 Å². The van der Waals surface area contributed by atoms with Crippen LogP contribution in [0.3, 0.4) is 0 Å². The van der Waals surface area contributed by atoms with Gasteiger partial charge in [0.1, 0.15) is 11.9 Å². The van der Waals surface area contributed by atoms with Gasteiger partial charge in [0.2, 0.25) is 0 Å². The molecule has 0 spiro atoms. The standard InChI is InChI=1S/C14H20N4O/c1-2-15-11-6-8-14(19,9-7-11)12-4-3-5-13-16-10-17-18(12)13/h3-5,10-11,15,19H,2,6-9H2,1H3. The molecule has 0 bridgehead atoms. The highest BCUT2D eigenvalue weighted by atomic mass is 16.3. The van der Waals surface area contributed by atoms with E-state index in [1.165, 1.54) is 6.33 Å². The van der Waals surface area contributed by atoms with Gasteiger partial charge in [0.25, 0.3) is 0 Å². The van der Waals surface area contributed by atoms with E-state index in [0.29, 0.717) is 6.04 Å². The molecule has 1 saturated carbocycles. The molecule has 2 aromatic rings. The Morgan fingerprint density at radius 2 is 2.21 bits per heavy atom. The zero-order valence-electron chi connectivity index (χ0n) is 11.2. The van der Waals surface area contributed by atoms with Crippen LogP contribution in [0.25, 0.3) is 5.65 Å². The largest absolute Gasteiger partial charge is 0.384 e. The van der Waals surface area contributed by atoms with Crippen LogP contribution in [-0.4, -0.2) is 32.3 Å². The highest BCUT2D eigenvalue weighted by Crippen LogP contribution is 2.36. The highest BCUT2D eigenvalue weighted by molar-refractivity contribution is 5.39. The summed E-state index contributed by atoms with van der Waals surface area (Å²) in [6.45, 7) is 3.11. The van der Waals surface area contributed by atoms with E-state index in [1.807, 2.05) is 18.2 Å². The van der Waals surface area contributed by atoms with Gasteiger partial charge in [0, 0.05) is 6.04 Å². The van der Waals surface area contributed by atoms with Crippen molar-refractivity contribution < 1.29 is 5.11 Å². The molecule has 5 heteroatoms. The van der Waals surface area contributed by atoms with Gasteiger partial charge in [0.15, 0.2) is 5.65 Å². The first-order valence-corrected chi connectivity index (χ1v) is 6.98. The quantitative estimate of drug-likeness (QED) is 0.877. The van der Waals surface area contributed by atoms with Gasteiger partial charge >= 0.3 is 0 Å². The molecule has 0 saturated heterocycles. The van der Waals surface area contributed by atoms with E-state index in [9.17, 15) is 5.11 Å². The third-order valence-electron chi connectivity index (χ3n) is 4.08. The van der Waals surface area contributed by atoms with Crippen molar-refractivity contribution in [2.45, 2.75) is 44.2 Å². The smallest absolute Gasteiger partial charge is 0.155 e. The molecule has 2 heterocycles. The summed E-state index contributed by atoms with van der Waals surface area (Å²) in [5.74, 6) is 0. The van der Waals surface area contributed by atoms with E-state index in [1.54, 1.807) is 4.52 Å². The molecule has 3 rings (SSSR count). The highest BCUT2D eigenvalue weighted by Gasteiger charge is 2.36. The summed E-state index contributed by atoms with van der Waals surface area (Å²) in [4.78, 5) is 4.18. The Morgan fingerprint density at radius 1 is 1.42 bits per heavy atom. The maximum absolute atomic E-state index is 10.9. The maximum atomic E-state index is 10.9. The second-order valence-electron chi connectivity index (χ2n) is 5.30. The van der Waals surface area contributed by atoms with Gasteiger partial charge in [-0.3, -0.25) is 0 Å². The molecule has 2 N–H and O–H groups in total. The number of aromatic nitrogens is 3. The molecule has 0 amide bonds. The molecule has 19 heavy (non-hydrogen) atoms. The fourth-order valence-corrected chi connectivity index (χ4v) is 3.04. The molecule has 102 valence electrons. The van der Waals surface area contributed by atoms with Gasteiger partial charge in [-0.05, 0) is 44.4 Å². The minimum Gasteiger partial charge on any atom is -0.384 e. The summed E-state index contributed by atoms with van der Waals surface area (Å²) in [6, 6.07) is 6.33. The Balaban J connectivity index is 1.87. The number of pyridine rings is 1. The van der Waals surface area contributed by atoms with Gasteiger partial charge in [-0.25, -0.2) is 9.50 Å². The monoisotopic (exact) mass is 260 g/mol. The molecular weight excluding hydrogens is 240 g/mol. The third-order valence-corrected chi connectivity index (χ3v) is 4.08. The van der Waals surface area contributed by atoms with E-state index < -0.39 is 5.60 Å². The van der Waals surface area contributed by atoms with Crippen molar-refractivity contribution in [1.82, 2.24) is 19.9 Å². The van der Waals surface area contributed by atoms with Crippen LogP contribution in [0.5, 0.6) is 0 Å². The van der Waals surface area contributed by atoms with Crippen molar-refractivity contribution in [2.75, 3.05) is 6.54 Å². The molecule has 5 nitrogen and oxygen atoms in total. The number of fused-ring (bicyclic) bond motifs is 1. The van der Waals surface area contributed by atoms with Crippen molar-refractivity contribution in [3.8, 4) is 0 Å². The first-order chi connectivity index (χ1) is 9.23. The molecule has 2 aromatic heterocycles. The molecule has 0 unspecified atom stereocenters. The van der Waals surface area contributed by atoms with Crippen LogP contribution >= 0.6 is 0 Å². The van der Waals surface area contributed by atoms with Crippen molar-refractivity contribution in [2.24, 2.45) is 0 Å². The van der Waals surface area contributed by atoms with Crippen LogP contribution in [0.15, 0.2) is 24.5 Å². The first-order valence-electron chi connectivity index (χ1n) is 6.98. The first kappa shape index (κ1) is 12.6. The number of hydrogen-bond donors (Lipinski definition) is 2. The number of nitrogens with zero attached hydrogens (tertiary/aromatic N) is 3. The fourth-order valence-electron chi connectivity index (χ4n) is 3.04. The second kappa shape index (κ2) is 4.90. The molecule has 1 aliphatic carbocycles. The summed E-state index contributed by atoms with van der Waals surface area (Å²) in [6.07, 6.45) is 5.06. The number of aliphatic hydroxyl groups is 1. The number of rotatable bonds is 3. The average molecular weight is 260 g/mol. The summed E-state index contributed by atoms with van der Waals surface area (Å²) >= 11 is 0. The van der Waals surface area contributed by atoms with Gasteiger partial charge in [-0.2, -0.15) is 5.10 Å². The lowest BCUT2D eigenvalue weighted by molar-refractivity contribution is -0.0138. The second-order valence-corrected chi connectivity index (χ2v) is 5.30. The van der Waals surface area contributed by atoms with Gasteiger partial charge in [0.05, 0.1) is 5.69 Å². The fraction of sp³-hybridized carbons (Fsp3) is 0.571. The molecular formula is C14H20N4O. The van der Waals surface area contributed by atoms with Crippen LogP contribution in [-0.2, 0) is 5.60 Å². The Bertz CT molecular complexity index is 557. The van der Waals surface area contributed by atoms with Crippen LogP contribution in [0, 0.1) is 0 Å². The van der Waals surface area contributed by atoms with E-state index >= 15 is 0 Å². The average Bonchev–Trinajstić information content (AvgIpc) is 2.90. The predicted octanol–water partition coefficient (Wildman–Crippen LogP) is 1.47. The zero-order chi connectivity index (χ0) is 13.3. The van der Waals surface area contributed by atoms with Crippen LogP contribution in [0.2, 0.25) is 0 Å². The zero-order valence-corrected chi connectivity index (χ0v) is 11.2. The van der Waals surface area contributed by atoms with E-state index in [2.05, 4.69) is 22.3 Å². The van der Waals surface area contributed by atoms with Crippen molar-refractivity contribution in [3.63, 3.8) is 0 Å². The lowest BCUT2D eigenvalue weighted by Gasteiger charge is -2.36. The molecule has 0 radical (unpaired) electrons. The topological polar surface area (TPSA) is 62.5 Å². The van der Waals surface area contributed by atoms with Crippen LogP contribution in [0.1, 0.15) is 38.3 Å². The lowest BCUT2D eigenvalue weighted by Crippen LogP contribution is -2.40. The minimum atomic E-state index is -0.779. The lowest BCUT2D eigenvalue weighted by atomic mass is 9.80. The normalized spacial score (nSPS) is 27.8. The Labute approximate surface area is 112 Å². The van der Waals surface area contributed by atoms with Crippen LogP contribution in [0.4, 0.5) is 0 Å². The number of hydrogen-bond acceptors (Lipinski definition) is 4. The maximum Gasteiger partial charge on any atom is 0.155 e.